The van der Waals surface area contributed by atoms with Crippen LogP contribution in [0.15, 0.2) is 140 Å². The first-order chi connectivity index (χ1) is 58.6. The maximum Gasteiger partial charge on any atom is 0.343 e. The number of cyclic esters (lactones) is 1. The first-order valence-corrected chi connectivity index (χ1v) is 41.8. The van der Waals surface area contributed by atoms with Crippen molar-refractivity contribution in [1.82, 2.24) is 19.7 Å². The van der Waals surface area contributed by atoms with E-state index in [1.807, 2.05) is 116 Å². The van der Waals surface area contributed by atoms with Crippen molar-refractivity contribution in [2.75, 3.05) is 125 Å². The molecular weight excluding hydrogens is 1690 g/mol. The Labute approximate surface area is 753 Å². The van der Waals surface area contributed by atoms with E-state index in [-0.39, 0.29) is 110 Å². The molecule has 6 bridgehead atoms. The number of esters is 2. The molecule has 5 saturated heterocycles. The molecular formula is C95H111Cl4N5O21. The van der Waals surface area contributed by atoms with Gasteiger partial charge in [-0.1, -0.05) is 78.9 Å². The van der Waals surface area contributed by atoms with Crippen molar-refractivity contribution in [3.8, 4) is 74.7 Å². The fourth-order valence-electron chi connectivity index (χ4n) is 22.8. The van der Waals surface area contributed by atoms with Gasteiger partial charge in [-0.25, -0.2) is 4.79 Å². The minimum absolute atomic E-state index is 0. The zero-order chi connectivity index (χ0) is 84.4. The number of likely N-dealkylation sites (tertiary alicyclic amines) is 2. The molecule has 1 unspecified atom stereocenters. The van der Waals surface area contributed by atoms with Crippen molar-refractivity contribution < 1.29 is 118 Å². The first-order valence-electron chi connectivity index (χ1n) is 41.8. The van der Waals surface area contributed by atoms with Crippen molar-refractivity contribution in [3.05, 3.63) is 201 Å². The van der Waals surface area contributed by atoms with E-state index in [4.69, 9.17) is 71.1 Å². The van der Waals surface area contributed by atoms with Crippen LogP contribution >= 0.6 is 37.2 Å². The van der Waals surface area contributed by atoms with Crippen LogP contribution in [0.3, 0.4) is 0 Å². The highest BCUT2D eigenvalue weighted by atomic mass is 35.5. The van der Waals surface area contributed by atoms with Gasteiger partial charge in [-0.3, -0.25) is 14.7 Å². The number of phenolic OH excluding ortho intramolecular Hbond substituents is 1. The summed E-state index contributed by atoms with van der Waals surface area (Å²) in [6, 6.07) is 36.3. The number of hydrogen-bond donors (Lipinski definition) is 4. The molecule has 125 heavy (non-hydrogen) atoms. The zero-order valence-electron chi connectivity index (χ0n) is 72.3. The second-order valence-electron chi connectivity index (χ2n) is 34.6. The highest BCUT2D eigenvalue weighted by Gasteiger charge is 2.71. The minimum atomic E-state index is -0.594. The monoisotopic (exact) mass is 1800 g/mol. The number of quaternary nitrogens is 1. The van der Waals surface area contributed by atoms with Crippen LogP contribution in [0, 0.1) is 11.8 Å². The summed E-state index contributed by atoms with van der Waals surface area (Å²) in [5, 5.41) is 42.9. The molecule has 670 valence electrons. The normalized spacial score (nSPS) is 28.6. The standard InChI is InChI=1S/C22H23NO7.C20H21NO4.C18H24NO4.C18H21NO3.C17H19NO3.4ClH/c1-23-8-7-11-9-14-20(29-10-28-14)21(27-4)15(11)17(23)18-12-5-6-13(25-2)19(26-3)16(12)22(24)30-18;1-22-17-6-5-13(10-18(17)23-2)9-16-15-12-20(25-4)19(24-3)11-14(15)7-8-21-16;1-19(2)14-8-12(9-15(19)17-16(14)23-17)22-18(21)13(10-20)11-6-4-3-5-7-11;1-19-8-7-18-11-4-5-13(20)17(18)22-16-14(21-2)6-3-10(15(16)18)9-12(11)19;1-18-7-6-17-10-3-5-13(20)16(17)21-15-12(19)4-2-9(14(15)17)8-11(10)18;;;;/h5-6,9,17-18H,7-8,10H2,1-4H3;5-8,10-12H,9H2,1-4H3;3-7,12-17,20H,8-10H2,1-2H3;3-6,11-13,17,20H,7-9H2,1-2H3;2-5,10-11,13,16,19-20H,6-8H2,1H3;4*1H/q;;+1;;;;;;/p-1/t17-,18+;;12?,13-,14-,15+,16-,17+;11-,12+,13-,17-,18-;10-,11+,13-,16-,17-;;;;/m1.100..../s1. The number of morpholine rings is 1. The van der Waals surface area contributed by atoms with Gasteiger partial charge in [0, 0.05) is 94.4 Å². The SMILES string of the molecule is CN1CC[C@]23c4c5ccc(O)c4O[C@H]2[C@@H](O)C=C[C@H]3[C@H]1C5.COc1ccc(Cc2nccc3cc(OC)c(OC)cc23)cc1OC.COc1ccc2c(c1OC)C(=O)O[C@@H]2[C@H]1c2c(cc3c(c2OC)OCO3)CCN1C.COc1ccc2c3c1O[C@H]1[C@@H](O)C=C[C@H]4[C@@H](C2)N(C)CC[C@@]341.C[N+]1(C)[C@@H]2CC(OC(=O)[C@H](CO)c3ccccc3)C[C@H]1[C@@H]1O[C@@H]12.Cl.Cl.Cl.[Cl-]. The van der Waals surface area contributed by atoms with Gasteiger partial charge in [0.1, 0.15) is 72.4 Å². The summed E-state index contributed by atoms with van der Waals surface area (Å²) in [6.07, 6.45) is 15.8. The number of fused-ring (bicyclic) bond motifs is 9. The van der Waals surface area contributed by atoms with Gasteiger partial charge < -0.3 is 118 Å². The zero-order valence-corrected chi connectivity index (χ0v) is 75.5. The number of aliphatic hydroxyl groups is 3. The van der Waals surface area contributed by atoms with Crippen molar-refractivity contribution in [2.45, 2.75) is 147 Å². The largest absolute Gasteiger partial charge is 1.00 e. The second-order valence-corrected chi connectivity index (χ2v) is 34.6. The van der Waals surface area contributed by atoms with Crippen molar-refractivity contribution in [1.29, 1.82) is 0 Å². The third kappa shape index (κ3) is 15.2. The Morgan fingerprint density at radius 1 is 0.600 bits per heavy atom. The lowest BCUT2D eigenvalue weighted by Gasteiger charge is -2.56. The van der Waals surface area contributed by atoms with Gasteiger partial charge in [-0.15, -0.1) is 37.2 Å². The number of nitrogens with zero attached hydrogens (tertiary/aromatic N) is 5. The van der Waals surface area contributed by atoms with Crippen molar-refractivity contribution >= 4 is 59.9 Å². The van der Waals surface area contributed by atoms with E-state index in [2.05, 4.69) is 66.1 Å². The van der Waals surface area contributed by atoms with Crippen LogP contribution in [0.5, 0.6) is 74.7 Å². The molecule has 4 N–H and O–H groups in total. The summed E-state index contributed by atoms with van der Waals surface area (Å²) < 4.78 is 85.7. The number of likely N-dealkylation sites (N-methyl/N-ethyl adjacent to an activating group) is 4. The van der Waals surface area contributed by atoms with E-state index >= 15 is 0 Å². The number of carbonyl (C=O) groups excluding carboxylic acids is 2. The lowest BCUT2D eigenvalue weighted by molar-refractivity contribution is -0.938. The minimum Gasteiger partial charge on any atom is -1.00 e. The highest BCUT2D eigenvalue weighted by molar-refractivity contribution is 5.98. The van der Waals surface area contributed by atoms with Gasteiger partial charge in [0.25, 0.3) is 0 Å². The fourth-order valence-corrected chi connectivity index (χ4v) is 22.8. The Balaban J connectivity index is 0.000000127. The lowest BCUT2D eigenvalue weighted by atomic mass is 9.53. The summed E-state index contributed by atoms with van der Waals surface area (Å²) in [6.45, 7) is 2.80. The van der Waals surface area contributed by atoms with Crippen molar-refractivity contribution in [2.24, 2.45) is 11.8 Å². The van der Waals surface area contributed by atoms with Gasteiger partial charge in [0.05, 0.1) is 89.3 Å². The molecule has 26 nitrogen and oxygen atoms in total. The molecule has 0 saturated carbocycles. The van der Waals surface area contributed by atoms with E-state index in [0.29, 0.717) is 118 Å². The van der Waals surface area contributed by atoms with Crippen LogP contribution in [-0.2, 0) is 55.5 Å². The van der Waals surface area contributed by atoms with E-state index in [1.54, 1.807) is 61.9 Å². The smallest absolute Gasteiger partial charge is 0.343 e. The molecule has 0 amide bonds. The molecule has 0 radical (unpaired) electrons. The van der Waals surface area contributed by atoms with Crippen LogP contribution in [0.2, 0.25) is 0 Å². The van der Waals surface area contributed by atoms with Gasteiger partial charge >= 0.3 is 11.9 Å². The highest BCUT2D eigenvalue weighted by Crippen LogP contribution is 2.65. The predicted octanol–water partition coefficient (Wildman–Crippen LogP) is 8.77. The number of halogens is 4. The summed E-state index contributed by atoms with van der Waals surface area (Å²) in [7, 11) is 23.8. The number of rotatable bonds is 15. The predicted molar refractivity (Wildman–Crippen MR) is 469 cm³/mol. The van der Waals surface area contributed by atoms with E-state index in [0.717, 1.165) is 125 Å². The van der Waals surface area contributed by atoms with E-state index in [1.165, 1.54) is 29.4 Å². The number of aliphatic hydroxyl groups excluding tert-OH is 3. The third-order valence-corrected chi connectivity index (χ3v) is 28.7. The average molecular weight is 1800 g/mol. The number of aromatic hydroxyl groups is 1. The number of carbonyl (C=O) groups is 2. The number of epoxide rings is 1. The number of phenols is 1. The molecule has 10 aliphatic heterocycles. The molecule has 4 aliphatic carbocycles. The molecule has 7 aromatic carbocycles. The van der Waals surface area contributed by atoms with Gasteiger partial charge in [-0.2, -0.15) is 0 Å². The number of benzene rings is 7. The number of aromatic nitrogens is 1. The Morgan fingerprint density at radius 3 is 1.78 bits per heavy atom. The Kier molecular flexibility index (Phi) is 26.7. The van der Waals surface area contributed by atoms with Gasteiger partial charge in [0.2, 0.25) is 12.5 Å². The molecule has 2 spiro atoms. The summed E-state index contributed by atoms with van der Waals surface area (Å²) in [5.74, 6) is 7.55. The number of ether oxygens (including phenoxy) is 15. The van der Waals surface area contributed by atoms with Crippen LogP contribution in [0.1, 0.15) is 110 Å². The molecule has 30 heteroatoms. The lowest BCUT2D eigenvalue weighted by Crippen LogP contribution is -3.00. The molecule has 5 fully saturated rings. The Morgan fingerprint density at radius 2 is 1.18 bits per heavy atom. The van der Waals surface area contributed by atoms with Crippen LogP contribution in [0.25, 0.3) is 10.8 Å². The Hall–Kier alpha value is -9.39. The average Bonchev–Trinajstić information content (AvgIpc) is 1.55. The van der Waals surface area contributed by atoms with Gasteiger partial charge in [-0.05, 0) is 154 Å². The third-order valence-electron chi connectivity index (χ3n) is 28.7. The first kappa shape index (κ1) is 91.8. The topological polar surface area (TPSA) is 279 Å². The number of piperidine rings is 3. The summed E-state index contributed by atoms with van der Waals surface area (Å²) in [5.41, 5.74) is 11.0. The number of hydrogen-bond acceptors (Lipinski definition) is 25. The van der Waals surface area contributed by atoms with Gasteiger partial charge in [0.15, 0.2) is 69.0 Å². The molecule has 1 aromatic heterocycles. The van der Waals surface area contributed by atoms with Crippen LogP contribution in [0.4, 0.5) is 0 Å². The molecule has 11 heterocycles. The maximum atomic E-state index is 12.9. The second kappa shape index (κ2) is 36.4. The number of methoxy groups -OCH3 is 8. The van der Waals surface area contributed by atoms with E-state index in [9.17, 15) is 30.0 Å². The quantitative estimate of drug-likeness (QED) is 0.0323. The molecule has 18 atom stereocenters. The maximum absolute atomic E-state index is 12.9. The fraction of sp³-hybridized carbons (Fsp3) is 0.463. The molecule has 8 aromatic rings. The van der Waals surface area contributed by atoms with E-state index < -0.39 is 30.2 Å². The molecule has 14 aliphatic rings. The Bertz CT molecular complexity index is 5400. The summed E-state index contributed by atoms with van der Waals surface area (Å²) in [4.78, 5) is 37.0. The van der Waals surface area contributed by atoms with Crippen molar-refractivity contribution in [3.63, 3.8) is 0 Å². The van der Waals surface area contributed by atoms with Crippen LogP contribution in [-0.4, -0.2) is 249 Å². The summed E-state index contributed by atoms with van der Waals surface area (Å²) >= 11 is 0. The van der Waals surface area contributed by atoms with Crippen LogP contribution < -0.4 is 69.2 Å². The number of pyridine rings is 1. The molecule has 22 rings (SSSR count).